The number of aromatic nitrogens is 2. The summed E-state index contributed by atoms with van der Waals surface area (Å²) in [5, 5.41) is 6.87. The third kappa shape index (κ3) is 9.63. The fourth-order valence-electron chi connectivity index (χ4n) is 4.43. The van der Waals surface area contributed by atoms with E-state index in [1.165, 1.54) is 23.0 Å². The number of hydrogen-bond donors (Lipinski definition) is 3. The van der Waals surface area contributed by atoms with Gasteiger partial charge in [0.1, 0.15) is 17.4 Å². The van der Waals surface area contributed by atoms with Crippen LogP contribution in [0.2, 0.25) is 0 Å². The van der Waals surface area contributed by atoms with Crippen LogP contribution in [-0.2, 0) is 13.1 Å². The fourth-order valence-corrected chi connectivity index (χ4v) is 5.31. The molecule has 12 heteroatoms. The molecule has 0 aliphatic carbocycles. The fraction of sp³-hybridized carbons (Fsp3) is 0.375. The Morgan fingerprint density at radius 1 is 1.05 bits per heavy atom. The van der Waals surface area contributed by atoms with Gasteiger partial charge < -0.3 is 20.9 Å². The molecule has 0 spiro atoms. The summed E-state index contributed by atoms with van der Waals surface area (Å²) in [6.45, 7) is 7.85. The van der Waals surface area contributed by atoms with E-state index in [2.05, 4.69) is 21.4 Å². The van der Waals surface area contributed by atoms with Gasteiger partial charge in [-0.1, -0.05) is 52.0 Å². The number of anilines is 1. The van der Waals surface area contributed by atoms with E-state index in [0.717, 1.165) is 0 Å². The number of rotatable bonds is 7. The van der Waals surface area contributed by atoms with Crippen molar-refractivity contribution < 1.29 is 22.4 Å². The topological polar surface area (TPSA) is 88.2 Å². The monoisotopic (exact) mass is 634 g/mol. The molecule has 0 unspecified atom stereocenters. The highest BCUT2D eigenvalue weighted by atomic mass is 32.1. The van der Waals surface area contributed by atoms with Crippen molar-refractivity contribution in [2.24, 2.45) is 5.73 Å². The van der Waals surface area contributed by atoms with Crippen molar-refractivity contribution in [2.45, 2.75) is 53.4 Å². The summed E-state index contributed by atoms with van der Waals surface area (Å²) in [5.41, 5.74) is 6.65. The highest BCUT2D eigenvalue weighted by Gasteiger charge is 2.31. The van der Waals surface area contributed by atoms with Gasteiger partial charge in [-0.2, -0.15) is 13.2 Å². The summed E-state index contributed by atoms with van der Waals surface area (Å²) >= 11 is 1.21. The zero-order valence-corrected chi connectivity index (χ0v) is 26.9. The molecule has 0 saturated carbocycles. The van der Waals surface area contributed by atoms with Crippen molar-refractivity contribution in [3.8, 4) is 10.7 Å². The molecular formula is C32H42F4N6OS. The van der Waals surface area contributed by atoms with E-state index < -0.39 is 12.7 Å². The zero-order chi connectivity index (χ0) is 32.9. The van der Waals surface area contributed by atoms with Crippen LogP contribution >= 0.6 is 11.3 Å². The molecule has 0 bridgehead atoms. The molecule has 1 aliphatic heterocycles. The van der Waals surface area contributed by atoms with Crippen molar-refractivity contribution in [3.63, 3.8) is 0 Å². The number of carbonyl (C=O) groups excluding carboxylic acids is 1. The Morgan fingerprint density at radius 3 is 2.36 bits per heavy atom. The summed E-state index contributed by atoms with van der Waals surface area (Å²) < 4.78 is 56.6. The molecule has 1 aliphatic rings. The lowest BCUT2D eigenvalue weighted by Crippen LogP contribution is -2.28. The molecule has 240 valence electrons. The Bertz CT molecular complexity index is 1500. The van der Waals surface area contributed by atoms with Gasteiger partial charge in [-0.3, -0.25) is 9.69 Å². The normalized spacial score (nSPS) is 13.2. The minimum Gasteiger partial charge on any atom is -0.356 e. The highest BCUT2D eigenvalue weighted by molar-refractivity contribution is 7.15. The van der Waals surface area contributed by atoms with Gasteiger partial charge in [-0.15, -0.1) is 11.3 Å². The number of fused-ring (bicyclic) bond motifs is 1. The number of hydrogen-bond acceptors (Lipinski definition) is 6. The largest absolute Gasteiger partial charge is 0.406 e. The van der Waals surface area contributed by atoms with Crippen LogP contribution in [0, 0.1) is 0 Å². The van der Waals surface area contributed by atoms with Gasteiger partial charge in [-0.05, 0) is 44.4 Å². The average Bonchev–Trinajstić information content (AvgIpc) is 3.65. The van der Waals surface area contributed by atoms with Gasteiger partial charge >= 0.3 is 6.18 Å². The number of nitrogens with one attached hydrogen (secondary N) is 2. The van der Waals surface area contributed by atoms with Gasteiger partial charge in [0.15, 0.2) is 0 Å². The van der Waals surface area contributed by atoms with Crippen LogP contribution in [0.25, 0.3) is 21.6 Å². The predicted octanol–water partition coefficient (Wildman–Crippen LogP) is 7.81. The first kappa shape index (κ1) is 36.5. The van der Waals surface area contributed by atoms with Crippen LogP contribution in [0.5, 0.6) is 0 Å². The Hall–Kier alpha value is -3.74. The van der Waals surface area contributed by atoms with E-state index in [1.807, 2.05) is 45.7 Å². The number of nitrogens with zero attached hydrogens (tertiary/aromatic N) is 3. The number of halogens is 4. The molecule has 4 N–H and O–H groups in total. The molecule has 44 heavy (non-hydrogen) atoms. The molecule has 2 aromatic heterocycles. The summed E-state index contributed by atoms with van der Waals surface area (Å²) in [6.07, 6.45) is -2.44. The van der Waals surface area contributed by atoms with Crippen molar-refractivity contribution >= 4 is 33.8 Å². The Labute approximate surface area is 260 Å². The SMILES string of the molecule is CC.CC.CN.CN1CCC(Nc2cccc3c2cc(-c2ncc(CNC(=O)c4ccccc4)s2)n3CC(F)(F)F)=C(F)C1. The van der Waals surface area contributed by atoms with E-state index in [9.17, 15) is 22.4 Å². The molecule has 1 amide bonds. The Kier molecular flexibility index (Phi) is 14.5. The maximum Gasteiger partial charge on any atom is 0.406 e. The van der Waals surface area contributed by atoms with Crippen LogP contribution in [0.4, 0.5) is 23.2 Å². The van der Waals surface area contributed by atoms with Gasteiger partial charge in [-0.25, -0.2) is 9.37 Å². The molecule has 0 radical (unpaired) electrons. The molecule has 3 heterocycles. The second-order valence-electron chi connectivity index (χ2n) is 9.15. The summed E-state index contributed by atoms with van der Waals surface area (Å²) in [6, 6.07) is 15.4. The molecule has 5 rings (SSSR count). The molecule has 2 aromatic carbocycles. The van der Waals surface area contributed by atoms with Gasteiger partial charge in [0, 0.05) is 46.4 Å². The van der Waals surface area contributed by atoms with E-state index >= 15 is 0 Å². The third-order valence-corrected chi connectivity index (χ3v) is 7.30. The molecule has 0 saturated heterocycles. The lowest BCUT2D eigenvalue weighted by Gasteiger charge is -2.24. The molecule has 0 fully saturated rings. The smallest absolute Gasteiger partial charge is 0.356 e. The molecular weight excluding hydrogens is 592 g/mol. The summed E-state index contributed by atoms with van der Waals surface area (Å²) in [7, 11) is 3.33. The second kappa shape index (κ2) is 17.5. The number of nitrogens with two attached hydrogens (primary N) is 1. The maximum absolute atomic E-state index is 14.6. The number of amides is 1. The number of likely N-dealkylation sites (N-methyl/N-ethyl adjacent to an activating group) is 1. The van der Waals surface area contributed by atoms with E-state index in [-0.39, 0.29) is 24.8 Å². The van der Waals surface area contributed by atoms with Gasteiger partial charge in [0.2, 0.25) is 0 Å². The summed E-state index contributed by atoms with van der Waals surface area (Å²) in [4.78, 5) is 19.3. The van der Waals surface area contributed by atoms with Crippen LogP contribution in [0.15, 0.2) is 72.3 Å². The second-order valence-corrected chi connectivity index (χ2v) is 10.3. The van der Waals surface area contributed by atoms with Gasteiger partial charge in [0.05, 0.1) is 24.3 Å². The van der Waals surface area contributed by atoms with Crippen LogP contribution in [0.1, 0.15) is 49.4 Å². The van der Waals surface area contributed by atoms with Crippen LogP contribution < -0.4 is 16.4 Å². The van der Waals surface area contributed by atoms with E-state index in [1.54, 1.807) is 54.7 Å². The summed E-state index contributed by atoms with van der Waals surface area (Å²) in [5.74, 6) is -0.536. The molecule has 0 atom stereocenters. The first-order chi connectivity index (χ1) is 21.2. The Morgan fingerprint density at radius 2 is 1.73 bits per heavy atom. The predicted molar refractivity (Wildman–Crippen MR) is 173 cm³/mol. The van der Waals surface area contributed by atoms with E-state index in [0.29, 0.717) is 56.4 Å². The average molecular weight is 635 g/mol. The lowest BCUT2D eigenvalue weighted by atomic mass is 10.1. The molecule has 4 aromatic rings. The van der Waals surface area contributed by atoms with Crippen molar-refractivity contribution in [1.29, 1.82) is 0 Å². The zero-order valence-electron chi connectivity index (χ0n) is 26.1. The van der Waals surface area contributed by atoms with Crippen molar-refractivity contribution in [2.75, 3.05) is 32.5 Å². The minimum atomic E-state index is -4.46. The van der Waals surface area contributed by atoms with E-state index in [4.69, 9.17) is 0 Å². The number of thiazole rings is 1. The number of alkyl halides is 3. The van der Waals surface area contributed by atoms with Crippen LogP contribution in [0.3, 0.4) is 0 Å². The first-order valence-electron chi connectivity index (χ1n) is 14.6. The maximum atomic E-state index is 14.6. The van der Waals surface area contributed by atoms with Crippen molar-refractivity contribution in [3.05, 3.63) is 82.8 Å². The number of benzene rings is 2. The first-order valence-corrected chi connectivity index (χ1v) is 15.4. The van der Waals surface area contributed by atoms with Gasteiger partial charge in [0.25, 0.3) is 5.91 Å². The third-order valence-electron chi connectivity index (χ3n) is 6.28. The minimum absolute atomic E-state index is 0.182. The standard InChI is InChI=1S/C27H25F4N5OS.2C2H6.CH5N/c1-35-11-10-22(20(28)15-35)34-21-8-5-9-23-19(21)12-24(36(23)16-27(29,30)31)26-33-14-18(38-26)13-32-25(37)17-6-3-2-4-7-17;3*1-2/h2-9,12,14,34H,10-11,13,15-16H2,1H3,(H,32,37);2*1-2H3;2H2,1H3. The highest BCUT2D eigenvalue weighted by Crippen LogP contribution is 2.37. The Balaban J connectivity index is 0.00000106. The lowest BCUT2D eigenvalue weighted by molar-refractivity contribution is -0.139. The molecule has 7 nitrogen and oxygen atoms in total. The van der Waals surface area contributed by atoms with Crippen molar-refractivity contribution in [1.82, 2.24) is 19.8 Å². The number of carbonyl (C=O) groups is 1. The quantitative estimate of drug-likeness (QED) is 0.181. The van der Waals surface area contributed by atoms with Crippen LogP contribution in [-0.4, -0.2) is 53.7 Å².